The predicted octanol–water partition coefficient (Wildman–Crippen LogP) is 3.23. The summed E-state index contributed by atoms with van der Waals surface area (Å²) < 4.78 is 0. The maximum Gasteiger partial charge on any atom is 0.255 e. The molecule has 0 fully saturated rings. The minimum Gasteiger partial charge on any atom is -0.508 e. The Balaban J connectivity index is 2.19. The van der Waals surface area contributed by atoms with Gasteiger partial charge in [0.15, 0.2) is 0 Å². The fraction of sp³-hybridized carbons (Fsp3) is 0.235. The molecule has 0 radical (unpaired) electrons. The van der Waals surface area contributed by atoms with Crippen molar-refractivity contribution >= 4 is 11.6 Å². The van der Waals surface area contributed by atoms with Crippen LogP contribution in [-0.2, 0) is 0 Å². The quantitative estimate of drug-likeness (QED) is 0.807. The minimum atomic E-state index is -0.179. The zero-order valence-electron chi connectivity index (χ0n) is 12.5. The van der Waals surface area contributed by atoms with Crippen molar-refractivity contribution in [3.63, 3.8) is 0 Å². The summed E-state index contributed by atoms with van der Waals surface area (Å²) >= 11 is 0. The molecule has 2 aromatic carbocycles. The summed E-state index contributed by atoms with van der Waals surface area (Å²) in [5, 5.41) is 15.5. The molecule has 2 rings (SSSR count). The van der Waals surface area contributed by atoms with Gasteiger partial charge in [0.25, 0.3) is 5.91 Å². The molecule has 0 heterocycles. The lowest BCUT2D eigenvalue weighted by molar-refractivity contribution is 0.102. The fourth-order valence-electron chi connectivity index (χ4n) is 2.15. The van der Waals surface area contributed by atoms with Crippen molar-refractivity contribution in [1.82, 2.24) is 5.32 Å². The third kappa shape index (κ3) is 3.61. The first-order chi connectivity index (χ1) is 10.0. The Bertz CT molecular complexity index is 653. The highest BCUT2D eigenvalue weighted by Crippen LogP contribution is 2.20. The van der Waals surface area contributed by atoms with E-state index in [4.69, 9.17) is 0 Å². The molecule has 0 spiro atoms. The van der Waals surface area contributed by atoms with Crippen molar-refractivity contribution in [2.45, 2.75) is 19.9 Å². The molecule has 0 aromatic heterocycles. The van der Waals surface area contributed by atoms with E-state index < -0.39 is 0 Å². The van der Waals surface area contributed by atoms with Crippen molar-refractivity contribution < 1.29 is 9.90 Å². The van der Waals surface area contributed by atoms with E-state index in [0.717, 1.165) is 16.8 Å². The lowest BCUT2D eigenvalue weighted by atomic mass is 10.1. The van der Waals surface area contributed by atoms with Gasteiger partial charge in [0.05, 0.1) is 0 Å². The standard InChI is InChI=1S/C17H20N2O2/c1-11-9-15(20)7-8-16(11)17(21)19-14-6-4-5-13(10-14)12(2)18-3/h4-10,12,18,20H,1-3H3,(H,19,21). The van der Waals surface area contributed by atoms with Crippen molar-refractivity contribution in [3.8, 4) is 5.75 Å². The Labute approximate surface area is 124 Å². The molecule has 0 saturated heterocycles. The molecule has 0 aliphatic rings. The van der Waals surface area contributed by atoms with Gasteiger partial charge in [-0.05, 0) is 62.4 Å². The van der Waals surface area contributed by atoms with Crippen LogP contribution in [-0.4, -0.2) is 18.1 Å². The number of benzene rings is 2. The Kier molecular flexibility index (Phi) is 4.60. The number of carbonyl (C=O) groups excluding carboxylic acids is 1. The molecule has 0 aliphatic carbocycles. The molecule has 4 nitrogen and oxygen atoms in total. The SMILES string of the molecule is CNC(C)c1cccc(NC(=O)c2ccc(O)cc2C)c1. The highest BCUT2D eigenvalue weighted by atomic mass is 16.3. The number of carbonyl (C=O) groups is 1. The number of nitrogens with one attached hydrogen (secondary N) is 2. The van der Waals surface area contributed by atoms with Crippen molar-refractivity contribution in [2.24, 2.45) is 0 Å². The van der Waals surface area contributed by atoms with Gasteiger partial charge in [0.2, 0.25) is 0 Å². The first kappa shape index (κ1) is 15.1. The van der Waals surface area contributed by atoms with E-state index in [1.807, 2.05) is 31.3 Å². The number of phenols is 1. The summed E-state index contributed by atoms with van der Waals surface area (Å²) in [6, 6.07) is 12.7. The Morgan fingerprint density at radius 3 is 2.62 bits per heavy atom. The number of phenolic OH excluding ortho intramolecular Hbond substituents is 1. The number of amides is 1. The number of rotatable bonds is 4. The highest BCUT2D eigenvalue weighted by molar-refractivity contribution is 6.05. The summed E-state index contributed by atoms with van der Waals surface area (Å²) in [6.45, 7) is 3.86. The van der Waals surface area contributed by atoms with Gasteiger partial charge in [0, 0.05) is 17.3 Å². The van der Waals surface area contributed by atoms with Gasteiger partial charge in [-0.2, -0.15) is 0 Å². The third-order valence-electron chi connectivity index (χ3n) is 3.53. The zero-order chi connectivity index (χ0) is 15.4. The second kappa shape index (κ2) is 6.41. The topological polar surface area (TPSA) is 61.4 Å². The molecule has 0 bridgehead atoms. The van der Waals surface area contributed by atoms with E-state index >= 15 is 0 Å². The lowest BCUT2D eigenvalue weighted by Gasteiger charge is -2.13. The second-order valence-corrected chi connectivity index (χ2v) is 5.09. The van der Waals surface area contributed by atoms with E-state index in [0.29, 0.717) is 5.56 Å². The third-order valence-corrected chi connectivity index (χ3v) is 3.53. The largest absolute Gasteiger partial charge is 0.508 e. The van der Waals surface area contributed by atoms with Crippen LogP contribution in [0.2, 0.25) is 0 Å². The summed E-state index contributed by atoms with van der Waals surface area (Å²) in [6.07, 6.45) is 0. The predicted molar refractivity (Wildman–Crippen MR) is 84.7 cm³/mol. The molecule has 1 amide bonds. The number of aromatic hydroxyl groups is 1. The van der Waals surface area contributed by atoms with Crippen LogP contribution in [0.4, 0.5) is 5.69 Å². The van der Waals surface area contributed by atoms with Crippen molar-refractivity contribution in [2.75, 3.05) is 12.4 Å². The van der Waals surface area contributed by atoms with Gasteiger partial charge in [-0.25, -0.2) is 0 Å². The van der Waals surface area contributed by atoms with E-state index in [-0.39, 0.29) is 17.7 Å². The van der Waals surface area contributed by atoms with Crippen LogP contribution in [0.15, 0.2) is 42.5 Å². The van der Waals surface area contributed by atoms with E-state index in [9.17, 15) is 9.90 Å². The van der Waals surface area contributed by atoms with Crippen LogP contribution >= 0.6 is 0 Å². The average molecular weight is 284 g/mol. The van der Waals surface area contributed by atoms with Crippen LogP contribution in [0, 0.1) is 6.92 Å². The maximum atomic E-state index is 12.3. The summed E-state index contributed by atoms with van der Waals surface area (Å²) in [5.41, 5.74) is 3.16. The van der Waals surface area contributed by atoms with Gasteiger partial charge in [-0.3, -0.25) is 4.79 Å². The molecule has 1 atom stereocenters. The molecule has 1 unspecified atom stereocenters. The Morgan fingerprint density at radius 2 is 1.95 bits per heavy atom. The number of hydrogen-bond acceptors (Lipinski definition) is 3. The molecule has 0 aliphatic heterocycles. The lowest BCUT2D eigenvalue weighted by Crippen LogP contribution is -2.15. The van der Waals surface area contributed by atoms with Crippen LogP contribution in [0.5, 0.6) is 5.75 Å². The van der Waals surface area contributed by atoms with Crippen molar-refractivity contribution in [3.05, 3.63) is 59.2 Å². The van der Waals surface area contributed by atoms with Crippen molar-refractivity contribution in [1.29, 1.82) is 0 Å². The first-order valence-electron chi connectivity index (χ1n) is 6.89. The minimum absolute atomic E-state index is 0.161. The van der Waals surface area contributed by atoms with Crippen LogP contribution < -0.4 is 10.6 Å². The van der Waals surface area contributed by atoms with Crippen LogP contribution in [0.1, 0.15) is 34.5 Å². The Morgan fingerprint density at radius 1 is 1.19 bits per heavy atom. The molecule has 21 heavy (non-hydrogen) atoms. The van der Waals surface area contributed by atoms with E-state index in [1.165, 1.54) is 6.07 Å². The molecule has 0 saturated carbocycles. The number of hydrogen-bond donors (Lipinski definition) is 3. The molecule has 110 valence electrons. The van der Waals surface area contributed by atoms with Gasteiger partial charge in [-0.15, -0.1) is 0 Å². The number of aryl methyl sites for hydroxylation is 1. The smallest absolute Gasteiger partial charge is 0.255 e. The molecule has 4 heteroatoms. The molecular weight excluding hydrogens is 264 g/mol. The van der Waals surface area contributed by atoms with Gasteiger partial charge in [0.1, 0.15) is 5.75 Å². The van der Waals surface area contributed by atoms with E-state index in [1.54, 1.807) is 19.1 Å². The van der Waals surface area contributed by atoms with Crippen LogP contribution in [0.25, 0.3) is 0 Å². The summed E-state index contributed by atoms with van der Waals surface area (Å²) in [5.74, 6) is -0.0179. The molecular formula is C17H20N2O2. The van der Waals surface area contributed by atoms with Crippen LogP contribution in [0.3, 0.4) is 0 Å². The summed E-state index contributed by atoms with van der Waals surface area (Å²) in [4.78, 5) is 12.3. The second-order valence-electron chi connectivity index (χ2n) is 5.09. The van der Waals surface area contributed by atoms with Gasteiger partial charge < -0.3 is 15.7 Å². The van der Waals surface area contributed by atoms with E-state index in [2.05, 4.69) is 17.6 Å². The normalized spacial score (nSPS) is 12.0. The fourth-order valence-corrected chi connectivity index (χ4v) is 2.15. The molecule has 2 aromatic rings. The monoisotopic (exact) mass is 284 g/mol. The van der Waals surface area contributed by atoms with Gasteiger partial charge in [-0.1, -0.05) is 12.1 Å². The molecule has 3 N–H and O–H groups in total. The Hall–Kier alpha value is -2.33. The summed E-state index contributed by atoms with van der Waals surface area (Å²) in [7, 11) is 1.90. The number of anilines is 1. The average Bonchev–Trinajstić information content (AvgIpc) is 2.46. The first-order valence-corrected chi connectivity index (χ1v) is 6.89. The maximum absolute atomic E-state index is 12.3. The zero-order valence-corrected chi connectivity index (χ0v) is 12.5. The highest BCUT2D eigenvalue weighted by Gasteiger charge is 2.10. The van der Waals surface area contributed by atoms with Gasteiger partial charge >= 0.3 is 0 Å².